The molecule has 0 bridgehead atoms. The Morgan fingerprint density at radius 3 is 1.36 bits per heavy atom. The molecule has 6 fully saturated rings. The quantitative estimate of drug-likeness (QED) is 0.136. The zero-order chi connectivity index (χ0) is 41.0. The summed E-state index contributed by atoms with van der Waals surface area (Å²) in [5, 5.41) is 30.3. The van der Waals surface area contributed by atoms with Crippen LogP contribution in [0.2, 0.25) is 0 Å². The predicted octanol–water partition coefficient (Wildman–Crippen LogP) is 14.2. The molecule has 58 heavy (non-hydrogen) atoms. The molecule has 0 heterocycles. The fraction of sp³-hybridized carbons (Fsp3) is 0.926. The molecule has 2 N–H and O–H groups in total. The Bertz CT molecular complexity index is 1410. The van der Waals surface area contributed by atoms with Gasteiger partial charge in [0.25, 0.3) is 0 Å². The molecule has 2 unspecified atom stereocenters. The van der Waals surface area contributed by atoms with Crippen molar-refractivity contribution in [3.8, 4) is 0 Å². The highest BCUT2D eigenvalue weighted by Gasteiger charge is 2.60. The molecule has 0 aliphatic heterocycles. The Balaban J connectivity index is 0.720. The molecule has 0 aromatic heterocycles. The zero-order valence-electron chi connectivity index (χ0n) is 39.0. The fourth-order valence-corrected chi connectivity index (χ4v) is 17.8. The van der Waals surface area contributed by atoms with E-state index in [-0.39, 0.29) is 12.2 Å². The van der Waals surface area contributed by atoms with Crippen molar-refractivity contribution in [3.63, 3.8) is 0 Å². The molecule has 0 radical (unpaired) electrons. The van der Waals surface area contributed by atoms with Crippen molar-refractivity contribution in [2.45, 2.75) is 209 Å². The maximum absolute atomic E-state index is 10.4. The summed E-state index contributed by atoms with van der Waals surface area (Å²) < 4.78 is 0. The summed E-state index contributed by atoms with van der Waals surface area (Å²) in [6.45, 7) is 22.4. The minimum absolute atomic E-state index is 0.0998. The number of rotatable bonds is 14. The second-order valence-electron chi connectivity index (χ2n) is 24.4. The number of aliphatic hydroxyl groups is 2. The normalized spacial score (nSPS) is 46.7. The molecule has 0 saturated heterocycles. The lowest BCUT2D eigenvalue weighted by Gasteiger charge is -2.58. The third-order valence-electron chi connectivity index (χ3n) is 21.3. The summed E-state index contributed by atoms with van der Waals surface area (Å²) in [6, 6.07) is 0. The standard InChI is InChI=1S/C54H90N2O2/c1-35(11-9-13-37(3)45-19-21-47-43-17-15-39-31-41(57)23-27-51(39,5)49(43)25-29-53(45,47)7)33-55-56-34-36(2)12-10-14-38(4)46-20-22-48-44-18-16-40-32-42(58)24-28-52(40,6)50(44)26-30-54(46,48)8/h15-16,35-38,41-50,57-58H,9-14,17-34H2,1-8H3/t35?,36?,37-,38-,41+,42+,43+,44+,45-,46-,47+,48+,49+,50+,51+,52+,53-,54-/m1/s1. The molecule has 8 aliphatic rings. The second-order valence-corrected chi connectivity index (χ2v) is 24.4. The average Bonchev–Trinajstić information content (AvgIpc) is 3.74. The van der Waals surface area contributed by atoms with Gasteiger partial charge in [-0.25, -0.2) is 0 Å². The van der Waals surface area contributed by atoms with Gasteiger partial charge in [0, 0.05) is 0 Å². The molecular weight excluding hydrogens is 709 g/mol. The number of azo groups is 1. The Hall–Kier alpha value is -1.00. The maximum Gasteiger partial charge on any atom is 0.0624 e. The highest BCUT2D eigenvalue weighted by Crippen LogP contribution is 2.69. The molecule has 8 rings (SSSR count). The van der Waals surface area contributed by atoms with Crippen LogP contribution in [0.1, 0.15) is 197 Å². The van der Waals surface area contributed by atoms with E-state index in [1.54, 1.807) is 11.1 Å². The Kier molecular flexibility index (Phi) is 13.0. The van der Waals surface area contributed by atoms with E-state index in [2.05, 4.69) is 67.5 Å². The molecule has 4 heteroatoms. The SMILES string of the molecule is CC(CCC[C@@H](C)[C@H]1CC[C@H]2[C@@H]3CC=C4C[C@@H](O)CC[C@]4(C)[C@H]3CC[C@]12C)CN=NCC(C)CCC[C@@H](C)[C@H]1CC[C@H]2[C@@H]3CC=C4C[C@@H](O)CC[C@]4(C)[C@H]3CC[C@]12C. The van der Waals surface area contributed by atoms with E-state index in [0.29, 0.717) is 33.5 Å². The van der Waals surface area contributed by atoms with Gasteiger partial charge >= 0.3 is 0 Å². The molecule has 4 nitrogen and oxygen atoms in total. The first-order valence-corrected chi connectivity index (χ1v) is 25.8. The van der Waals surface area contributed by atoms with E-state index in [4.69, 9.17) is 10.2 Å². The Morgan fingerprint density at radius 2 is 0.948 bits per heavy atom. The number of allylic oxidation sites excluding steroid dienone is 2. The van der Waals surface area contributed by atoms with Gasteiger partial charge in [0.2, 0.25) is 0 Å². The van der Waals surface area contributed by atoms with E-state index in [9.17, 15) is 10.2 Å². The number of aliphatic hydroxyl groups excluding tert-OH is 2. The first kappa shape index (κ1) is 43.6. The van der Waals surface area contributed by atoms with Gasteiger partial charge in [-0.15, -0.1) is 0 Å². The van der Waals surface area contributed by atoms with E-state index >= 15 is 0 Å². The lowest BCUT2D eigenvalue weighted by Crippen LogP contribution is -2.50. The summed E-state index contributed by atoms with van der Waals surface area (Å²) in [5.74, 6) is 9.93. The van der Waals surface area contributed by atoms with Gasteiger partial charge < -0.3 is 10.2 Å². The van der Waals surface area contributed by atoms with Crippen molar-refractivity contribution in [1.82, 2.24) is 0 Å². The van der Waals surface area contributed by atoms with Crippen LogP contribution in [0.5, 0.6) is 0 Å². The van der Waals surface area contributed by atoms with Crippen LogP contribution < -0.4 is 0 Å². The minimum Gasteiger partial charge on any atom is -0.393 e. The van der Waals surface area contributed by atoms with Gasteiger partial charge in [0.15, 0.2) is 0 Å². The van der Waals surface area contributed by atoms with Crippen molar-refractivity contribution < 1.29 is 10.2 Å². The van der Waals surface area contributed by atoms with Crippen molar-refractivity contribution in [2.75, 3.05) is 13.1 Å². The summed E-state index contributed by atoms with van der Waals surface area (Å²) in [4.78, 5) is 0. The van der Waals surface area contributed by atoms with Gasteiger partial charge in [-0.1, -0.05) is 104 Å². The number of hydrogen-bond acceptors (Lipinski definition) is 4. The molecule has 328 valence electrons. The van der Waals surface area contributed by atoms with Crippen LogP contribution >= 0.6 is 0 Å². The van der Waals surface area contributed by atoms with E-state index in [1.807, 2.05) is 0 Å². The monoisotopic (exact) mass is 799 g/mol. The number of nitrogens with zero attached hydrogens (tertiary/aromatic N) is 2. The molecule has 6 saturated carbocycles. The lowest BCUT2D eigenvalue weighted by atomic mass is 9.47. The average molecular weight is 799 g/mol. The smallest absolute Gasteiger partial charge is 0.0624 e. The molecular formula is C54H90N2O2. The lowest BCUT2D eigenvalue weighted by molar-refractivity contribution is -0.0573. The summed E-state index contributed by atoms with van der Waals surface area (Å²) >= 11 is 0. The number of hydrogen-bond donors (Lipinski definition) is 2. The Morgan fingerprint density at radius 1 is 0.534 bits per heavy atom. The summed E-state index contributed by atoms with van der Waals surface area (Å²) in [7, 11) is 0. The van der Waals surface area contributed by atoms with Crippen LogP contribution in [0.3, 0.4) is 0 Å². The van der Waals surface area contributed by atoms with Crippen LogP contribution in [0.4, 0.5) is 0 Å². The van der Waals surface area contributed by atoms with E-state index < -0.39 is 0 Å². The highest BCUT2D eigenvalue weighted by atomic mass is 16.3. The zero-order valence-corrected chi connectivity index (χ0v) is 39.0. The molecule has 0 aromatic rings. The fourth-order valence-electron chi connectivity index (χ4n) is 17.8. The largest absolute Gasteiger partial charge is 0.393 e. The van der Waals surface area contributed by atoms with E-state index in [1.165, 1.54) is 116 Å². The van der Waals surface area contributed by atoms with Gasteiger partial charge in [0.1, 0.15) is 0 Å². The highest BCUT2D eigenvalue weighted by molar-refractivity contribution is 5.27. The molecule has 0 amide bonds. The van der Waals surface area contributed by atoms with Crippen LogP contribution in [-0.2, 0) is 0 Å². The van der Waals surface area contributed by atoms with Gasteiger partial charge in [0.05, 0.1) is 25.3 Å². The van der Waals surface area contributed by atoms with Gasteiger partial charge in [-0.3, -0.25) is 0 Å². The van der Waals surface area contributed by atoms with Crippen molar-refractivity contribution in [3.05, 3.63) is 23.3 Å². The third kappa shape index (κ3) is 7.95. The van der Waals surface area contributed by atoms with Gasteiger partial charge in [-0.2, -0.15) is 10.2 Å². The Labute approximate surface area is 357 Å². The molecule has 8 aliphatic carbocycles. The van der Waals surface area contributed by atoms with Crippen LogP contribution in [-0.4, -0.2) is 35.5 Å². The van der Waals surface area contributed by atoms with Gasteiger partial charge in [-0.05, 0) is 208 Å². The van der Waals surface area contributed by atoms with Crippen LogP contribution in [0.25, 0.3) is 0 Å². The van der Waals surface area contributed by atoms with Crippen molar-refractivity contribution >= 4 is 0 Å². The van der Waals surface area contributed by atoms with Crippen molar-refractivity contribution in [2.24, 2.45) is 103 Å². The molecule has 18 atom stereocenters. The topological polar surface area (TPSA) is 65.2 Å². The molecule has 0 aromatic carbocycles. The summed E-state index contributed by atoms with van der Waals surface area (Å²) in [5.41, 5.74) is 4.99. The van der Waals surface area contributed by atoms with Crippen LogP contribution in [0.15, 0.2) is 33.5 Å². The second kappa shape index (κ2) is 17.3. The predicted molar refractivity (Wildman–Crippen MR) is 241 cm³/mol. The molecule has 0 spiro atoms. The van der Waals surface area contributed by atoms with E-state index in [0.717, 1.165) is 98.0 Å². The van der Waals surface area contributed by atoms with Crippen LogP contribution in [0, 0.1) is 92.7 Å². The van der Waals surface area contributed by atoms with Crippen molar-refractivity contribution in [1.29, 1.82) is 0 Å². The first-order chi connectivity index (χ1) is 27.7. The minimum atomic E-state index is -0.0998. The first-order valence-electron chi connectivity index (χ1n) is 25.8. The third-order valence-corrected chi connectivity index (χ3v) is 21.3. The summed E-state index contributed by atoms with van der Waals surface area (Å²) in [6.07, 6.45) is 33.4. The maximum atomic E-state index is 10.4. The number of fused-ring (bicyclic) bond motifs is 10.